The summed E-state index contributed by atoms with van der Waals surface area (Å²) in [6, 6.07) is 0. The highest BCUT2D eigenvalue weighted by Crippen LogP contribution is 2.15. The quantitative estimate of drug-likeness (QED) is 0.613. The maximum Gasteiger partial charge on any atom is 0.224 e. The lowest BCUT2D eigenvalue weighted by atomic mass is 10.1. The zero-order valence-corrected chi connectivity index (χ0v) is 9.88. The first-order chi connectivity index (χ1) is 7.27. The number of carbonyl (C=O) groups excluding carboxylic acids is 1. The number of amides is 1. The molecule has 1 saturated heterocycles. The lowest BCUT2D eigenvalue weighted by Crippen LogP contribution is -2.36. The smallest absolute Gasteiger partial charge is 0.224 e. The predicted octanol–water partition coefficient (Wildman–Crippen LogP) is 0.0539. The van der Waals surface area contributed by atoms with Crippen molar-refractivity contribution in [3.8, 4) is 0 Å². The van der Waals surface area contributed by atoms with Crippen molar-refractivity contribution in [2.45, 2.75) is 20.3 Å². The van der Waals surface area contributed by atoms with Gasteiger partial charge >= 0.3 is 0 Å². The van der Waals surface area contributed by atoms with Gasteiger partial charge in [-0.3, -0.25) is 4.79 Å². The van der Waals surface area contributed by atoms with Crippen molar-refractivity contribution in [3.63, 3.8) is 0 Å². The Morgan fingerprint density at radius 3 is 2.80 bits per heavy atom. The molecular formula is C11H23N3O. The Kier molecular flexibility index (Phi) is 5.65. The van der Waals surface area contributed by atoms with Gasteiger partial charge in [-0.25, -0.2) is 0 Å². The molecule has 0 bridgehead atoms. The fourth-order valence-corrected chi connectivity index (χ4v) is 1.93. The van der Waals surface area contributed by atoms with Gasteiger partial charge in [-0.2, -0.15) is 0 Å². The summed E-state index contributed by atoms with van der Waals surface area (Å²) in [6.45, 7) is 9.85. The Hall–Kier alpha value is -0.610. The van der Waals surface area contributed by atoms with Crippen LogP contribution in [0, 0.1) is 5.92 Å². The van der Waals surface area contributed by atoms with Gasteiger partial charge in [0.1, 0.15) is 0 Å². The molecule has 1 amide bonds. The molecule has 1 unspecified atom stereocenters. The largest absolute Gasteiger partial charge is 0.355 e. The van der Waals surface area contributed by atoms with Crippen molar-refractivity contribution in [3.05, 3.63) is 0 Å². The van der Waals surface area contributed by atoms with Gasteiger partial charge < -0.3 is 15.5 Å². The van der Waals surface area contributed by atoms with Crippen LogP contribution in [-0.2, 0) is 4.79 Å². The van der Waals surface area contributed by atoms with E-state index in [0.717, 1.165) is 45.7 Å². The third kappa shape index (κ3) is 4.18. The molecule has 0 aromatic carbocycles. The molecule has 4 nitrogen and oxygen atoms in total. The maximum atomic E-state index is 11.7. The van der Waals surface area contributed by atoms with Gasteiger partial charge in [-0.15, -0.1) is 0 Å². The SMILES string of the molecule is CCNCCNC(=O)C1CCN(CC)C1. The molecule has 2 N–H and O–H groups in total. The van der Waals surface area contributed by atoms with Crippen molar-refractivity contribution in [1.82, 2.24) is 15.5 Å². The highest BCUT2D eigenvalue weighted by Gasteiger charge is 2.26. The molecule has 1 aliphatic rings. The Balaban J connectivity index is 2.12. The second-order valence-corrected chi connectivity index (χ2v) is 4.02. The topological polar surface area (TPSA) is 44.4 Å². The standard InChI is InChI=1S/C11H23N3O/c1-3-12-6-7-13-11(15)10-5-8-14(4-2)9-10/h10,12H,3-9H2,1-2H3,(H,13,15). The van der Waals surface area contributed by atoms with E-state index in [1.165, 1.54) is 0 Å². The van der Waals surface area contributed by atoms with E-state index in [9.17, 15) is 4.79 Å². The van der Waals surface area contributed by atoms with Crippen molar-refractivity contribution < 1.29 is 4.79 Å². The molecule has 1 aliphatic heterocycles. The van der Waals surface area contributed by atoms with Gasteiger partial charge in [0.05, 0.1) is 5.92 Å². The van der Waals surface area contributed by atoms with Crippen LogP contribution in [0.1, 0.15) is 20.3 Å². The zero-order valence-electron chi connectivity index (χ0n) is 9.88. The molecule has 1 fully saturated rings. The highest BCUT2D eigenvalue weighted by molar-refractivity contribution is 5.79. The fraction of sp³-hybridized carbons (Fsp3) is 0.909. The predicted molar refractivity (Wildman–Crippen MR) is 61.8 cm³/mol. The minimum absolute atomic E-state index is 0.214. The van der Waals surface area contributed by atoms with Crippen molar-refractivity contribution in [2.24, 2.45) is 5.92 Å². The molecule has 1 heterocycles. The lowest BCUT2D eigenvalue weighted by molar-refractivity contribution is -0.124. The van der Waals surface area contributed by atoms with Crippen LogP contribution in [-0.4, -0.2) is 50.1 Å². The third-order valence-corrected chi connectivity index (χ3v) is 2.94. The van der Waals surface area contributed by atoms with Crippen molar-refractivity contribution in [1.29, 1.82) is 0 Å². The highest BCUT2D eigenvalue weighted by atomic mass is 16.1. The number of hydrogen-bond donors (Lipinski definition) is 2. The first-order valence-corrected chi connectivity index (χ1v) is 5.98. The Bertz CT molecular complexity index is 196. The number of rotatable bonds is 6. The molecule has 0 aromatic heterocycles. The molecule has 88 valence electrons. The molecule has 0 aromatic rings. The average Bonchev–Trinajstić information content (AvgIpc) is 2.72. The maximum absolute atomic E-state index is 11.7. The third-order valence-electron chi connectivity index (χ3n) is 2.94. The summed E-state index contributed by atoms with van der Waals surface area (Å²) >= 11 is 0. The van der Waals surface area contributed by atoms with Gasteiger partial charge in [-0.1, -0.05) is 13.8 Å². The van der Waals surface area contributed by atoms with Crippen molar-refractivity contribution >= 4 is 5.91 Å². The number of hydrogen-bond acceptors (Lipinski definition) is 3. The van der Waals surface area contributed by atoms with Gasteiger partial charge in [0.2, 0.25) is 5.91 Å². The van der Waals surface area contributed by atoms with Crippen LogP contribution in [0.2, 0.25) is 0 Å². The normalized spacial score (nSPS) is 21.9. The molecule has 15 heavy (non-hydrogen) atoms. The minimum Gasteiger partial charge on any atom is -0.355 e. The van der Waals surface area contributed by atoms with E-state index in [-0.39, 0.29) is 11.8 Å². The van der Waals surface area contributed by atoms with Crippen LogP contribution < -0.4 is 10.6 Å². The van der Waals surface area contributed by atoms with E-state index < -0.39 is 0 Å². The van der Waals surface area contributed by atoms with Crippen LogP contribution in [0.4, 0.5) is 0 Å². The Morgan fingerprint density at radius 1 is 1.40 bits per heavy atom. The van der Waals surface area contributed by atoms with E-state index in [1.54, 1.807) is 0 Å². The van der Waals surface area contributed by atoms with E-state index >= 15 is 0 Å². The summed E-state index contributed by atoms with van der Waals surface area (Å²) in [7, 11) is 0. The molecule has 1 atom stereocenters. The summed E-state index contributed by atoms with van der Waals surface area (Å²) in [5, 5.41) is 6.16. The number of carbonyl (C=O) groups is 1. The first-order valence-electron chi connectivity index (χ1n) is 5.98. The molecule has 4 heteroatoms. The molecule has 0 radical (unpaired) electrons. The summed E-state index contributed by atoms with van der Waals surface area (Å²) in [5.41, 5.74) is 0. The Morgan fingerprint density at radius 2 is 2.20 bits per heavy atom. The van der Waals surface area contributed by atoms with E-state index in [0.29, 0.717) is 0 Å². The van der Waals surface area contributed by atoms with Gasteiger partial charge in [-0.05, 0) is 26.1 Å². The molecular weight excluding hydrogens is 190 g/mol. The number of likely N-dealkylation sites (tertiary alicyclic amines) is 1. The fourth-order valence-electron chi connectivity index (χ4n) is 1.93. The Labute approximate surface area is 92.4 Å². The van der Waals surface area contributed by atoms with Crippen LogP contribution >= 0.6 is 0 Å². The second kappa shape index (κ2) is 6.80. The zero-order chi connectivity index (χ0) is 11.1. The van der Waals surface area contributed by atoms with E-state index in [4.69, 9.17) is 0 Å². The summed E-state index contributed by atoms with van der Waals surface area (Å²) in [5.74, 6) is 0.440. The average molecular weight is 213 g/mol. The monoisotopic (exact) mass is 213 g/mol. The van der Waals surface area contributed by atoms with Gasteiger partial charge in [0, 0.05) is 19.6 Å². The lowest BCUT2D eigenvalue weighted by Gasteiger charge is -2.13. The van der Waals surface area contributed by atoms with Crippen LogP contribution in [0.3, 0.4) is 0 Å². The second-order valence-electron chi connectivity index (χ2n) is 4.02. The molecule has 0 aliphatic carbocycles. The number of nitrogens with one attached hydrogen (secondary N) is 2. The van der Waals surface area contributed by atoms with Crippen LogP contribution in [0.15, 0.2) is 0 Å². The van der Waals surface area contributed by atoms with E-state index in [2.05, 4.69) is 29.4 Å². The van der Waals surface area contributed by atoms with Crippen LogP contribution in [0.5, 0.6) is 0 Å². The van der Waals surface area contributed by atoms with Gasteiger partial charge in [0.15, 0.2) is 0 Å². The molecule has 0 spiro atoms. The summed E-state index contributed by atoms with van der Waals surface area (Å²) in [4.78, 5) is 14.0. The summed E-state index contributed by atoms with van der Waals surface area (Å²) in [6.07, 6.45) is 1.01. The van der Waals surface area contributed by atoms with E-state index in [1.807, 2.05) is 0 Å². The molecule has 1 rings (SSSR count). The number of nitrogens with zero attached hydrogens (tertiary/aromatic N) is 1. The minimum atomic E-state index is 0.214. The first kappa shape index (κ1) is 12.5. The summed E-state index contributed by atoms with van der Waals surface area (Å²) < 4.78 is 0. The van der Waals surface area contributed by atoms with Crippen molar-refractivity contribution in [2.75, 3.05) is 39.3 Å². The van der Waals surface area contributed by atoms with Gasteiger partial charge in [0.25, 0.3) is 0 Å². The number of likely N-dealkylation sites (N-methyl/N-ethyl adjacent to an activating group) is 1. The van der Waals surface area contributed by atoms with Crippen LogP contribution in [0.25, 0.3) is 0 Å². The molecule has 0 saturated carbocycles.